The quantitative estimate of drug-likeness (QED) is 0.533. The number of ether oxygens (including phenoxy) is 2. The SMILES string of the molecule is COc1cc2c(cc1OC)[C@@H](c1cccs1)N(C(=O)[C@@H]1CCCN1C(=O)c1cccs1)CC2. The average Bonchev–Trinajstić information content (AvgIpc) is 3.64. The third-order valence-electron chi connectivity index (χ3n) is 6.50. The molecule has 2 aliphatic heterocycles. The highest BCUT2D eigenvalue weighted by molar-refractivity contribution is 7.12. The highest BCUT2D eigenvalue weighted by Crippen LogP contribution is 2.43. The molecule has 2 amide bonds. The standard InChI is InChI=1S/C25H26N2O4S2/c1-30-19-14-16-9-11-27(23(21-7-4-12-32-21)17(16)15-20(19)31-2)24(28)18-6-3-10-26(18)25(29)22-8-5-13-33-22/h4-5,7-8,12-15,18,23H,3,6,9-11H2,1-2H3/t18-,23-/m0/s1. The van der Waals surface area contributed by atoms with E-state index < -0.39 is 6.04 Å². The van der Waals surface area contributed by atoms with Crippen molar-refractivity contribution >= 4 is 34.5 Å². The van der Waals surface area contributed by atoms with Gasteiger partial charge in [-0.3, -0.25) is 9.59 Å². The molecule has 1 saturated heterocycles. The number of methoxy groups -OCH3 is 2. The zero-order valence-electron chi connectivity index (χ0n) is 18.7. The smallest absolute Gasteiger partial charge is 0.264 e. The molecule has 1 aromatic carbocycles. The van der Waals surface area contributed by atoms with E-state index in [0.717, 1.165) is 28.8 Å². The fraction of sp³-hybridized carbons (Fsp3) is 0.360. The van der Waals surface area contributed by atoms with Gasteiger partial charge in [0.05, 0.1) is 25.1 Å². The minimum atomic E-state index is -0.427. The number of benzene rings is 1. The number of carbonyl (C=O) groups excluding carboxylic acids is 2. The summed E-state index contributed by atoms with van der Waals surface area (Å²) in [5.41, 5.74) is 2.22. The van der Waals surface area contributed by atoms with Gasteiger partial charge in [0.25, 0.3) is 5.91 Å². The summed E-state index contributed by atoms with van der Waals surface area (Å²) in [6.45, 7) is 1.22. The van der Waals surface area contributed by atoms with E-state index in [2.05, 4.69) is 6.07 Å². The summed E-state index contributed by atoms with van der Waals surface area (Å²) in [7, 11) is 3.27. The van der Waals surface area contributed by atoms with Gasteiger partial charge in [0.15, 0.2) is 11.5 Å². The fourth-order valence-electron chi connectivity index (χ4n) is 4.94. The normalized spacial score (nSPS) is 19.9. The zero-order valence-corrected chi connectivity index (χ0v) is 20.3. The van der Waals surface area contributed by atoms with Gasteiger partial charge in [-0.1, -0.05) is 12.1 Å². The van der Waals surface area contributed by atoms with Gasteiger partial charge in [-0.05, 0) is 65.4 Å². The molecule has 4 heterocycles. The number of nitrogens with zero attached hydrogens (tertiary/aromatic N) is 2. The number of thiophene rings is 2. The molecule has 8 heteroatoms. The van der Waals surface area contributed by atoms with Crippen LogP contribution < -0.4 is 9.47 Å². The monoisotopic (exact) mass is 482 g/mol. The lowest BCUT2D eigenvalue weighted by molar-refractivity contribution is -0.137. The third kappa shape index (κ3) is 3.91. The van der Waals surface area contributed by atoms with E-state index in [0.29, 0.717) is 35.9 Å². The van der Waals surface area contributed by atoms with E-state index in [1.54, 1.807) is 30.5 Å². The lowest BCUT2D eigenvalue weighted by Gasteiger charge is -2.40. The van der Waals surface area contributed by atoms with Crippen LogP contribution in [0, 0.1) is 0 Å². The summed E-state index contributed by atoms with van der Waals surface area (Å²) < 4.78 is 11.1. The van der Waals surface area contributed by atoms with Crippen molar-refractivity contribution in [3.63, 3.8) is 0 Å². The van der Waals surface area contributed by atoms with E-state index >= 15 is 0 Å². The molecule has 0 bridgehead atoms. The molecule has 0 aliphatic carbocycles. The molecule has 0 unspecified atom stereocenters. The maximum absolute atomic E-state index is 14.0. The highest BCUT2D eigenvalue weighted by Gasteiger charge is 2.42. The highest BCUT2D eigenvalue weighted by atomic mass is 32.1. The summed E-state index contributed by atoms with van der Waals surface area (Å²) in [4.78, 5) is 32.6. The minimum absolute atomic E-state index is 0.0243. The third-order valence-corrected chi connectivity index (χ3v) is 8.28. The maximum Gasteiger partial charge on any atom is 0.264 e. The molecule has 2 aromatic heterocycles. The second kappa shape index (κ2) is 9.19. The Balaban J connectivity index is 1.51. The van der Waals surface area contributed by atoms with Crippen LogP contribution in [0.15, 0.2) is 47.2 Å². The lowest BCUT2D eigenvalue weighted by Crippen LogP contribution is -2.50. The van der Waals surface area contributed by atoms with Crippen molar-refractivity contribution in [1.82, 2.24) is 9.80 Å². The molecule has 0 spiro atoms. The van der Waals surface area contributed by atoms with Crippen LogP contribution in [-0.2, 0) is 11.2 Å². The van der Waals surface area contributed by atoms with Gasteiger partial charge in [-0.2, -0.15) is 0 Å². The molecule has 172 valence electrons. The molecular formula is C25H26N2O4S2. The van der Waals surface area contributed by atoms with Gasteiger partial charge in [0, 0.05) is 18.0 Å². The molecule has 0 saturated carbocycles. The summed E-state index contributed by atoms with van der Waals surface area (Å²) in [5.74, 6) is 1.33. The van der Waals surface area contributed by atoms with Crippen molar-refractivity contribution in [2.24, 2.45) is 0 Å². The Morgan fingerprint density at radius 3 is 2.42 bits per heavy atom. The molecule has 2 atom stereocenters. The Hall–Kier alpha value is -2.84. The van der Waals surface area contributed by atoms with E-state index in [-0.39, 0.29) is 17.9 Å². The molecule has 0 radical (unpaired) electrons. The van der Waals surface area contributed by atoms with Gasteiger partial charge in [-0.15, -0.1) is 22.7 Å². The predicted octanol–water partition coefficient (Wildman–Crippen LogP) is 4.61. The number of amides is 2. The van der Waals surface area contributed by atoms with Crippen LogP contribution in [0.4, 0.5) is 0 Å². The maximum atomic E-state index is 14.0. The van der Waals surface area contributed by atoms with Crippen molar-refractivity contribution in [3.8, 4) is 11.5 Å². The number of rotatable bonds is 5. The summed E-state index contributed by atoms with van der Waals surface area (Å²) in [5, 5.41) is 3.94. The van der Waals surface area contributed by atoms with Gasteiger partial charge in [-0.25, -0.2) is 0 Å². The number of carbonyl (C=O) groups is 2. The second-order valence-corrected chi connectivity index (χ2v) is 10.2. The molecule has 6 nitrogen and oxygen atoms in total. The topological polar surface area (TPSA) is 59.1 Å². The Kier molecular flexibility index (Phi) is 6.12. The van der Waals surface area contributed by atoms with Gasteiger partial charge >= 0.3 is 0 Å². The molecule has 5 rings (SSSR count). The first-order valence-corrected chi connectivity index (χ1v) is 12.8. The summed E-state index contributed by atoms with van der Waals surface area (Å²) >= 11 is 3.06. The number of hydrogen-bond acceptors (Lipinski definition) is 6. The Labute approximate surface area is 201 Å². The van der Waals surface area contributed by atoms with E-state index in [9.17, 15) is 9.59 Å². The van der Waals surface area contributed by atoms with Gasteiger partial charge < -0.3 is 19.3 Å². The van der Waals surface area contributed by atoms with Crippen LogP contribution in [0.2, 0.25) is 0 Å². The van der Waals surface area contributed by atoms with Crippen LogP contribution in [0.3, 0.4) is 0 Å². The van der Waals surface area contributed by atoms with Gasteiger partial charge in [0.1, 0.15) is 6.04 Å². The van der Waals surface area contributed by atoms with E-state index in [1.165, 1.54) is 11.3 Å². The van der Waals surface area contributed by atoms with Gasteiger partial charge in [0.2, 0.25) is 5.91 Å². The first kappa shape index (κ1) is 22.0. The van der Waals surface area contributed by atoms with Crippen molar-refractivity contribution in [2.45, 2.75) is 31.3 Å². The van der Waals surface area contributed by atoms with Crippen LogP contribution in [0.1, 0.15) is 44.6 Å². The van der Waals surface area contributed by atoms with Crippen LogP contribution >= 0.6 is 22.7 Å². The Morgan fingerprint density at radius 2 is 1.73 bits per heavy atom. The lowest BCUT2D eigenvalue weighted by atomic mass is 9.90. The molecule has 0 N–H and O–H groups in total. The Morgan fingerprint density at radius 1 is 0.970 bits per heavy atom. The molecule has 1 fully saturated rings. The molecule has 33 heavy (non-hydrogen) atoms. The van der Waals surface area contributed by atoms with Crippen LogP contribution in [0.5, 0.6) is 11.5 Å². The fourth-order valence-corrected chi connectivity index (χ4v) is 6.47. The van der Waals surface area contributed by atoms with Crippen molar-refractivity contribution in [3.05, 3.63) is 68.0 Å². The Bertz CT molecular complexity index is 1140. The van der Waals surface area contributed by atoms with E-state index in [4.69, 9.17) is 9.47 Å². The summed E-state index contributed by atoms with van der Waals surface area (Å²) in [6, 6.07) is 11.2. The number of hydrogen-bond donors (Lipinski definition) is 0. The van der Waals surface area contributed by atoms with Crippen LogP contribution in [-0.4, -0.2) is 55.0 Å². The average molecular weight is 483 g/mol. The summed E-state index contributed by atoms with van der Waals surface area (Å²) in [6.07, 6.45) is 2.27. The minimum Gasteiger partial charge on any atom is -0.493 e. The largest absolute Gasteiger partial charge is 0.493 e. The first-order valence-electron chi connectivity index (χ1n) is 11.1. The number of fused-ring (bicyclic) bond motifs is 1. The molecule has 3 aromatic rings. The predicted molar refractivity (Wildman–Crippen MR) is 130 cm³/mol. The molecular weight excluding hydrogens is 456 g/mol. The number of likely N-dealkylation sites (tertiary alicyclic amines) is 1. The van der Waals surface area contributed by atoms with Crippen molar-refractivity contribution in [2.75, 3.05) is 27.3 Å². The van der Waals surface area contributed by atoms with Crippen LogP contribution in [0.25, 0.3) is 0 Å². The first-order chi connectivity index (χ1) is 16.1. The second-order valence-electron chi connectivity index (χ2n) is 8.24. The van der Waals surface area contributed by atoms with Crippen molar-refractivity contribution < 1.29 is 19.1 Å². The van der Waals surface area contributed by atoms with E-state index in [1.807, 2.05) is 46.0 Å². The van der Waals surface area contributed by atoms with Crippen molar-refractivity contribution in [1.29, 1.82) is 0 Å². The molecule has 2 aliphatic rings. The zero-order chi connectivity index (χ0) is 22.9.